The molecule has 128 valence electrons. The van der Waals surface area contributed by atoms with Gasteiger partial charge in [-0.15, -0.1) is 0 Å². The first kappa shape index (κ1) is 16.7. The Balaban J connectivity index is 1.55. The highest BCUT2D eigenvalue weighted by atomic mass is 16.5. The Labute approximate surface area is 142 Å². The SMILES string of the molecule is COCC(=O)N1Cc2cccn2C(CCOCc2ccncc2)C1. The van der Waals surface area contributed by atoms with Crippen LogP contribution < -0.4 is 0 Å². The van der Waals surface area contributed by atoms with Gasteiger partial charge in [-0.05, 0) is 36.2 Å². The number of fused-ring (bicyclic) bond motifs is 1. The summed E-state index contributed by atoms with van der Waals surface area (Å²) in [6.45, 7) is 2.70. The maximum Gasteiger partial charge on any atom is 0.248 e. The number of nitrogens with zero attached hydrogens (tertiary/aromatic N) is 3. The molecule has 1 unspecified atom stereocenters. The lowest BCUT2D eigenvalue weighted by molar-refractivity contribution is -0.137. The summed E-state index contributed by atoms with van der Waals surface area (Å²) < 4.78 is 13.0. The van der Waals surface area contributed by atoms with Gasteiger partial charge in [0.25, 0.3) is 0 Å². The summed E-state index contributed by atoms with van der Waals surface area (Å²) in [5.41, 5.74) is 2.28. The van der Waals surface area contributed by atoms with Crippen LogP contribution in [-0.4, -0.2) is 47.2 Å². The fourth-order valence-electron chi connectivity index (χ4n) is 3.05. The van der Waals surface area contributed by atoms with E-state index >= 15 is 0 Å². The quantitative estimate of drug-likeness (QED) is 0.729. The van der Waals surface area contributed by atoms with Crippen molar-refractivity contribution in [1.82, 2.24) is 14.5 Å². The van der Waals surface area contributed by atoms with Gasteiger partial charge in [-0.1, -0.05) is 0 Å². The van der Waals surface area contributed by atoms with Gasteiger partial charge in [-0.3, -0.25) is 9.78 Å². The van der Waals surface area contributed by atoms with Gasteiger partial charge < -0.3 is 18.9 Å². The summed E-state index contributed by atoms with van der Waals surface area (Å²) in [5, 5.41) is 0. The van der Waals surface area contributed by atoms with Crippen molar-refractivity contribution in [2.75, 3.05) is 26.9 Å². The number of carbonyl (C=O) groups is 1. The molecule has 2 aromatic rings. The number of hydrogen-bond donors (Lipinski definition) is 0. The normalized spacial score (nSPS) is 16.9. The molecule has 0 saturated heterocycles. The molecule has 3 heterocycles. The van der Waals surface area contributed by atoms with Crippen LogP contribution in [0.2, 0.25) is 0 Å². The Morgan fingerprint density at radius 1 is 1.33 bits per heavy atom. The Hall–Kier alpha value is -2.18. The van der Waals surface area contributed by atoms with E-state index < -0.39 is 0 Å². The fraction of sp³-hybridized carbons (Fsp3) is 0.444. The van der Waals surface area contributed by atoms with Crippen molar-refractivity contribution < 1.29 is 14.3 Å². The van der Waals surface area contributed by atoms with Crippen molar-refractivity contribution in [2.24, 2.45) is 0 Å². The lowest BCUT2D eigenvalue weighted by atomic mass is 10.1. The number of hydrogen-bond acceptors (Lipinski definition) is 4. The zero-order valence-corrected chi connectivity index (χ0v) is 13.9. The van der Waals surface area contributed by atoms with E-state index in [1.54, 1.807) is 19.5 Å². The number of amides is 1. The molecule has 1 amide bonds. The highest BCUT2D eigenvalue weighted by Gasteiger charge is 2.26. The number of aromatic nitrogens is 2. The smallest absolute Gasteiger partial charge is 0.248 e. The van der Waals surface area contributed by atoms with Crippen LogP contribution in [0.3, 0.4) is 0 Å². The van der Waals surface area contributed by atoms with Gasteiger partial charge in [0.05, 0.1) is 19.2 Å². The summed E-state index contributed by atoms with van der Waals surface area (Å²) in [4.78, 5) is 18.0. The molecule has 1 aliphatic heterocycles. The lowest BCUT2D eigenvalue weighted by Gasteiger charge is -2.35. The van der Waals surface area contributed by atoms with E-state index in [-0.39, 0.29) is 18.6 Å². The molecule has 0 aliphatic carbocycles. The summed E-state index contributed by atoms with van der Waals surface area (Å²) in [6.07, 6.45) is 6.49. The van der Waals surface area contributed by atoms with Gasteiger partial charge in [0.1, 0.15) is 6.61 Å². The molecule has 24 heavy (non-hydrogen) atoms. The minimum absolute atomic E-state index is 0.0349. The van der Waals surface area contributed by atoms with Gasteiger partial charge >= 0.3 is 0 Å². The second-order valence-corrected chi connectivity index (χ2v) is 5.96. The number of ether oxygens (including phenoxy) is 2. The Morgan fingerprint density at radius 2 is 2.17 bits per heavy atom. The molecule has 2 aromatic heterocycles. The van der Waals surface area contributed by atoms with Crippen molar-refractivity contribution in [3.63, 3.8) is 0 Å². The van der Waals surface area contributed by atoms with E-state index in [2.05, 4.69) is 21.8 Å². The van der Waals surface area contributed by atoms with E-state index in [1.165, 1.54) is 0 Å². The van der Waals surface area contributed by atoms with Crippen LogP contribution in [0, 0.1) is 0 Å². The maximum absolute atomic E-state index is 12.1. The third-order valence-electron chi connectivity index (χ3n) is 4.28. The molecule has 0 radical (unpaired) electrons. The van der Waals surface area contributed by atoms with Crippen LogP contribution in [0.25, 0.3) is 0 Å². The third-order valence-corrected chi connectivity index (χ3v) is 4.28. The minimum Gasteiger partial charge on any atom is -0.377 e. The van der Waals surface area contributed by atoms with Gasteiger partial charge in [-0.25, -0.2) is 0 Å². The molecule has 0 aromatic carbocycles. The van der Waals surface area contributed by atoms with Gasteiger partial charge in [-0.2, -0.15) is 0 Å². The molecule has 6 nitrogen and oxygen atoms in total. The Kier molecular flexibility index (Phi) is 5.61. The Bertz CT molecular complexity index is 657. The molecule has 0 N–H and O–H groups in total. The largest absolute Gasteiger partial charge is 0.377 e. The molecule has 0 bridgehead atoms. The second-order valence-electron chi connectivity index (χ2n) is 5.96. The molecule has 1 aliphatic rings. The summed E-state index contributed by atoms with van der Waals surface area (Å²) in [5.74, 6) is 0.0349. The van der Waals surface area contributed by atoms with Crippen molar-refractivity contribution >= 4 is 5.91 Å². The average Bonchev–Trinajstić information content (AvgIpc) is 3.08. The number of rotatable bonds is 7. The Morgan fingerprint density at radius 3 is 2.96 bits per heavy atom. The number of methoxy groups -OCH3 is 1. The first-order chi connectivity index (χ1) is 11.8. The van der Waals surface area contributed by atoms with Crippen molar-refractivity contribution in [3.05, 3.63) is 54.1 Å². The van der Waals surface area contributed by atoms with Crippen molar-refractivity contribution in [3.8, 4) is 0 Å². The average molecular weight is 329 g/mol. The van der Waals surface area contributed by atoms with Crippen LogP contribution in [0.5, 0.6) is 0 Å². The first-order valence-electron chi connectivity index (χ1n) is 8.17. The van der Waals surface area contributed by atoms with E-state index in [1.807, 2.05) is 23.1 Å². The monoisotopic (exact) mass is 329 g/mol. The van der Waals surface area contributed by atoms with Crippen LogP contribution in [-0.2, 0) is 27.4 Å². The maximum atomic E-state index is 12.1. The van der Waals surface area contributed by atoms with Crippen LogP contribution in [0.15, 0.2) is 42.9 Å². The molecular weight excluding hydrogens is 306 g/mol. The zero-order valence-electron chi connectivity index (χ0n) is 13.9. The van der Waals surface area contributed by atoms with Crippen LogP contribution >= 0.6 is 0 Å². The van der Waals surface area contributed by atoms with E-state index in [9.17, 15) is 4.79 Å². The second kappa shape index (κ2) is 8.08. The van der Waals surface area contributed by atoms with E-state index in [0.717, 1.165) is 17.7 Å². The molecule has 0 fully saturated rings. The lowest BCUT2D eigenvalue weighted by Crippen LogP contribution is -2.42. The summed E-state index contributed by atoms with van der Waals surface area (Å²) in [7, 11) is 1.55. The van der Waals surface area contributed by atoms with Crippen LogP contribution in [0.1, 0.15) is 23.7 Å². The number of pyridine rings is 1. The first-order valence-corrected chi connectivity index (χ1v) is 8.17. The van der Waals surface area contributed by atoms with Gasteiger partial charge in [0.2, 0.25) is 5.91 Å². The topological polar surface area (TPSA) is 56.6 Å². The zero-order chi connectivity index (χ0) is 16.8. The van der Waals surface area contributed by atoms with Gasteiger partial charge in [0.15, 0.2) is 0 Å². The van der Waals surface area contributed by atoms with Gasteiger partial charge in [0, 0.05) is 44.5 Å². The molecular formula is C18H23N3O3. The fourth-order valence-corrected chi connectivity index (χ4v) is 3.05. The predicted octanol–water partition coefficient (Wildman–Crippen LogP) is 2.02. The summed E-state index contributed by atoms with van der Waals surface area (Å²) >= 11 is 0. The summed E-state index contributed by atoms with van der Waals surface area (Å²) in [6, 6.07) is 8.25. The van der Waals surface area contributed by atoms with Crippen molar-refractivity contribution in [2.45, 2.75) is 25.6 Å². The van der Waals surface area contributed by atoms with Crippen LogP contribution in [0.4, 0.5) is 0 Å². The molecule has 0 saturated carbocycles. The standard InChI is InChI=1S/C18H23N3O3/c1-23-14-18(22)20-11-16-3-2-9-21(16)17(12-20)6-10-24-13-15-4-7-19-8-5-15/h2-5,7-9,17H,6,10-14H2,1H3. The number of carbonyl (C=O) groups excluding carboxylic acids is 1. The van der Waals surface area contributed by atoms with Crippen molar-refractivity contribution in [1.29, 1.82) is 0 Å². The molecule has 0 spiro atoms. The highest BCUT2D eigenvalue weighted by Crippen LogP contribution is 2.24. The predicted molar refractivity (Wildman–Crippen MR) is 89.3 cm³/mol. The van der Waals surface area contributed by atoms with E-state index in [4.69, 9.17) is 9.47 Å². The molecule has 3 rings (SSSR count). The molecule has 1 atom stereocenters. The van der Waals surface area contributed by atoms with E-state index in [0.29, 0.717) is 26.3 Å². The minimum atomic E-state index is 0.0349. The highest BCUT2D eigenvalue weighted by molar-refractivity contribution is 5.77. The third kappa shape index (κ3) is 4.01. The molecule has 6 heteroatoms.